The van der Waals surface area contributed by atoms with Gasteiger partial charge in [0.2, 0.25) is 5.88 Å². The highest BCUT2D eigenvalue weighted by molar-refractivity contribution is 5.74. The number of nitrogens with zero attached hydrogens (tertiary/aromatic N) is 3. The summed E-state index contributed by atoms with van der Waals surface area (Å²) in [6.07, 6.45) is 2.94. The molecule has 1 aromatic carbocycles. The van der Waals surface area contributed by atoms with E-state index < -0.39 is 0 Å². The first-order valence-corrected chi connectivity index (χ1v) is 7.71. The van der Waals surface area contributed by atoms with Crippen LogP contribution in [0, 0.1) is 0 Å². The van der Waals surface area contributed by atoms with E-state index in [2.05, 4.69) is 15.3 Å². The number of methoxy groups -OCH3 is 1. The summed E-state index contributed by atoms with van der Waals surface area (Å²) in [6.45, 7) is 1.82. The molecule has 2 amide bonds. The molecule has 0 radical (unpaired) electrons. The Kier molecular flexibility index (Phi) is 4.71. The first kappa shape index (κ1) is 15.3. The van der Waals surface area contributed by atoms with E-state index in [4.69, 9.17) is 4.74 Å². The summed E-state index contributed by atoms with van der Waals surface area (Å²) < 4.78 is 5.30. The summed E-state index contributed by atoms with van der Waals surface area (Å²) in [5.41, 5.74) is 3.06. The summed E-state index contributed by atoms with van der Waals surface area (Å²) in [7, 11) is 1.61. The number of benzene rings is 1. The lowest BCUT2D eigenvalue weighted by molar-refractivity contribution is 0.199. The molecule has 2 heterocycles. The fraction of sp³-hybridized carbons (Fsp3) is 0.353. The van der Waals surface area contributed by atoms with Crippen molar-refractivity contribution in [1.29, 1.82) is 0 Å². The monoisotopic (exact) mass is 312 g/mol. The van der Waals surface area contributed by atoms with Crippen LogP contribution in [0.1, 0.15) is 16.8 Å². The molecule has 3 rings (SSSR count). The molecule has 1 aromatic heterocycles. The minimum Gasteiger partial charge on any atom is -0.481 e. The Bertz CT molecular complexity index is 676. The van der Waals surface area contributed by atoms with Gasteiger partial charge in [-0.1, -0.05) is 30.3 Å². The highest BCUT2D eigenvalue weighted by atomic mass is 16.5. The summed E-state index contributed by atoms with van der Waals surface area (Å²) in [6, 6.07) is 9.85. The lowest BCUT2D eigenvalue weighted by Gasteiger charge is -2.20. The number of rotatable bonds is 3. The molecule has 6 nitrogen and oxygen atoms in total. The summed E-state index contributed by atoms with van der Waals surface area (Å²) >= 11 is 0. The van der Waals surface area contributed by atoms with Crippen molar-refractivity contribution in [2.45, 2.75) is 19.4 Å². The maximum absolute atomic E-state index is 12.4. The van der Waals surface area contributed by atoms with Crippen molar-refractivity contribution in [2.24, 2.45) is 0 Å². The predicted molar refractivity (Wildman–Crippen MR) is 86.2 cm³/mol. The van der Waals surface area contributed by atoms with Gasteiger partial charge in [0, 0.05) is 31.6 Å². The molecule has 1 aliphatic heterocycles. The SMILES string of the molecule is COc1ncnc2c1CCN(C(=O)NCc1ccccc1)CC2. The molecule has 0 bridgehead atoms. The third-order valence-corrected chi connectivity index (χ3v) is 4.01. The molecule has 1 aliphatic rings. The molecular weight excluding hydrogens is 292 g/mol. The normalized spacial score (nSPS) is 13.9. The minimum absolute atomic E-state index is 0.0476. The van der Waals surface area contributed by atoms with Gasteiger partial charge in [0.25, 0.3) is 0 Å². The number of carbonyl (C=O) groups is 1. The fourth-order valence-corrected chi connectivity index (χ4v) is 2.76. The standard InChI is InChI=1S/C17H20N4O2/c1-23-16-14-7-9-21(10-8-15(14)19-12-20-16)17(22)18-11-13-5-3-2-4-6-13/h2-6,12H,7-11H2,1H3,(H,18,22). The average molecular weight is 312 g/mol. The van der Waals surface area contributed by atoms with E-state index in [1.54, 1.807) is 7.11 Å². The highest BCUT2D eigenvalue weighted by Gasteiger charge is 2.21. The van der Waals surface area contributed by atoms with Crippen LogP contribution in [0.25, 0.3) is 0 Å². The Balaban J connectivity index is 1.61. The van der Waals surface area contributed by atoms with Crippen molar-refractivity contribution in [3.8, 4) is 5.88 Å². The van der Waals surface area contributed by atoms with Crippen LogP contribution in [0.2, 0.25) is 0 Å². The Morgan fingerprint density at radius 3 is 2.78 bits per heavy atom. The predicted octanol–water partition coefficient (Wildman–Crippen LogP) is 1.80. The summed E-state index contributed by atoms with van der Waals surface area (Å²) in [5, 5.41) is 2.97. The summed E-state index contributed by atoms with van der Waals surface area (Å²) in [4.78, 5) is 22.7. The fourth-order valence-electron chi connectivity index (χ4n) is 2.76. The van der Waals surface area contributed by atoms with Gasteiger partial charge in [-0.25, -0.2) is 14.8 Å². The molecule has 120 valence electrons. The number of aromatic nitrogens is 2. The molecular formula is C17H20N4O2. The van der Waals surface area contributed by atoms with Crippen molar-refractivity contribution in [2.75, 3.05) is 20.2 Å². The highest BCUT2D eigenvalue weighted by Crippen LogP contribution is 2.21. The van der Waals surface area contributed by atoms with E-state index in [0.29, 0.717) is 38.4 Å². The molecule has 1 N–H and O–H groups in total. The zero-order valence-corrected chi connectivity index (χ0v) is 13.2. The van der Waals surface area contributed by atoms with Crippen molar-refractivity contribution in [1.82, 2.24) is 20.2 Å². The molecule has 0 saturated heterocycles. The molecule has 6 heteroatoms. The van der Waals surface area contributed by atoms with E-state index in [0.717, 1.165) is 16.8 Å². The van der Waals surface area contributed by atoms with Crippen molar-refractivity contribution in [3.63, 3.8) is 0 Å². The van der Waals surface area contributed by atoms with Crippen LogP contribution in [0.15, 0.2) is 36.7 Å². The third-order valence-electron chi connectivity index (χ3n) is 4.01. The van der Waals surface area contributed by atoms with Crippen molar-refractivity contribution in [3.05, 3.63) is 53.5 Å². The number of hydrogen-bond donors (Lipinski definition) is 1. The van der Waals surface area contributed by atoms with Gasteiger partial charge < -0.3 is 15.0 Å². The van der Waals surface area contributed by atoms with Crippen LogP contribution in [0.5, 0.6) is 5.88 Å². The van der Waals surface area contributed by atoms with E-state index in [-0.39, 0.29) is 6.03 Å². The Hall–Kier alpha value is -2.63. The maximum atomic E-state index is 12.4. The Morgan fingerprint density at radius 2 is 2.00 bits per heavy atom. The third kappa shape index (κ3) is 3.59. The van der Waals surface area contributed by atoms with Crippen LogP contribution in [-0.2, 0) is 19.4 Å². The molecule has 0 saturated carbocycles. The molecule has 0 aliphatic carbocycles. The number of urea groups is 1. The largest absolute Gasteiger partial charge is 0.481 e. The second kappa shape index (κ2) is 7.09. The number of carbonyl (C=O) groups excluding carboxylic acids is 1. The molecule has 23 heavy (non-hydrogen) atoms. The molecule has 0 fully saturated rings. The van der Waals surface area contributed by atoms with Gasteiger partial charge in [-0.15, -0.1) is 0 Å². The average Bonchev–Trinajstić information content (AvgIpc) is 2.83. The Labute approximate surface area is 135 Å². The van der Waals surface area contributed by atoms with Crippen LogP contribution < -0.4 is 10.1 Å². The maximum Gasteiger partial charge on any atom is 0.317 e. The van der Waals surface area contributed by atoms with Gasteiger partial charge in [0.05, 0.1) is 12.8 Å². The first-order chi connectivity index (χ1) is 11.3. The smallest absolute Gasteiger partial charge is 0.317 e. The van der Waals surface area contributed by atoms with Crippen molar-refractivity contribution >= 4 is 6.03 Å². The second-order valence-electron chi connectivity index (χ2n) is 5.44. The Morgan fingerprint density at radius 1 is 1.22 bits per heavy atom. The van der Waals surface area contributed by atoms with Crippen LogP contribution in [0.3, 0.4) is 0 Å². The number of ether oxygens (including phenoxy) is 1. The molecule has 2 aromatic rings. The van der Waals surface area contributed by atoms with E-state index in [1.165, 1.54) is 6.33 Å². The summed E-state index contributed by atoms with van der Waals surface area (Å²) in [5.74, 6) is 0.613. The van der Waals surface area contributed by atoms with Gasteiger partial charge >= 0.3 is 6.03 Å². The van der Waals surface area contributed by atoms with Gasteiger partial charge in [-0.3, -0.25) is 0 Å². The lowest BCUT2D eigenvalue weighted by atomic mass is 10.1. The molecule has 0 atom stereocenters. The zero-order valence-electron chi connectivity index (χ0n) is 13.2. The van der Waals surface area contributed by atoms with Crippen LogP contribution in [-0.4, -0.2) is 41.1 Å². The van der Waals surface area contributed by atoms with Gasteiger partial charge in [-0.2, -0.15) is 0 Å². The second-order valence-corrected chi connectivity index (χ2v) is 5.44. The molecule has 0 unspecified atom stereocenters. The van der Waals surface area contributed by atoms with Crippen molar-refractivity contribution < 1.29 is 9.53 Å². The van der Waals surface area contributed by atoms with Gasteiger partial charge in [0.1, 0.15) is 6.33 Å². The minimum atomic E-state index is -0.0476. The van der Waals surface area contributed by atoms with E-state index >= 15 is 0 Å². The topological polar surface area (TPSA) is 67.4 Å². The number of fused-ring (bicyclic) bond motifs is 1. The number of amides is 2. The number of nitrogens with one attached hydrogen (secondary N) is 1. The quantitative estimate of drug-likeness (QED) is 0.938. The number of hydrogen-bond acceptors (Lipinski definition) is 4. The van der Waals surface area contributed by atoms with Crippen LogP contribution >= 0.6 is 0 Å². The van der Waals surface area contributed by atoms with Gasteiger partial charge in [-0.05, 0) is 12.0 Å². The van der Waals surface area contributed by atoms with Crippen LogP contribution in [0.4, 0.5) is 4.79 Å². The lowest BCUT2D eigenvalue weighted by Crippen LogP contribution is -2.41. The zero-order chi connectivity index (χ0) is 16.1. The van der Waals surface area contributed by atoms with E-state index in [1.807, 2.05) is 35.2 Å². The molecule has 0 spiro atoms. The first-order valence-electron chi connectivity index (χ1n) is 7.71. The van der Waals surface area contributed by atoms with E-state index in [9.17, 15) is 4.79 Å². The van der Waals surface area contributed by atoms with Gasteiger partial charge in [0.15, 0.2) is 0 Å².